The first kappa shape index (κ1) is 27.5. The van der Waals surface area contributed by atoms with Crippen molar-refractivity contribution in [2.45, 2.75) is 17.5 Å². The molecule has 220 valence electrons. The highest BCUT2D eigenvalue weighted by molar-refractivity contribution is 6.17. The number of hydrogen-bond acceptors (Lipinski definition) is 7. The van der Waals surface area contributed by atoms with Gasteiger partial charge < -0.3 is 24.4 Å². The molecule has 8 nitrogen and oxygen atoms in total. The minimum absolute atomic E-state index is 0.304. The van der Waals surface area contributed by atoms with Crippen LogP contribution in [0.4, 0.5) is 5.69 Å². The van der Waals surface area contributed by atoms with E-state index in [-0.39, 0.29) is 17.5 Å². The molecule has 8 heteroatoms. The van der Waals surface area contributed by atoms with Crippen LogP contribution in [0, 0.1) is 5.92 Å². The molecule has 44 heavy (non-hydrogen) atoms. The molecule has 4 aromatic carbocycles. The van der Waals surface area contributed by atoms with Gasteiger partial charge in [-0.3, -0.25) is 14.4 Å². The zero-order chi connectivity index (χ0) is 30.6. The van der Waals surface area contributed by atoms with Crippen LogP contribution in [0.25, 0.3) is 6.08 Å². The number of rotatable bonds is 7. The first-order valence-corrected chi connectivity index (χ1v) is 14.3. The maximum atomic E-state index is 15.1. The Balaban J connectivity index is 1.53. The van der Waals surface area contributed by atoms with Crippen LogP contribution in [0.1, 0.15) is 43.4 Å². The molecular weight excluding hydrogens is 556 g/mol. The lowest BCUT2D eigenvalue weighted by molar-refractivity contribution is -0.122. The van der Waals surface area contributed by atoms with Crippen LogP contribution >= 0.6 is 0 Å². The van der Waals surface area contributed by atoms with Crippen LogP contribution in [0.3, 0.4) is 0 Å². The third-order valence-corrected chi connectivity index (χ3v) is 9.16. The molecule has 3 heterocycles. The summed E-state index contributed by atoms with van der Waals surface area (Å²) < 4.78 is 16.6. The molecule has 1 N–H and O–H groups in total. The van der Waals surface area contributed by atoms with E-state index >= 15 is 4.79 Å². The van der Waals surface area contributed by atoms with E-state index in [0.29, 0.717) is 39.6 Å². The second kappa shape index (κ2) is 10.4. The van der Waals surface area contributed by atoms with E-state index < -0.39 is 23.4 Å². The highest BCUT2D eigenvalue weighted by Crippen LogP contribution is 2.62. The molecule has 0 aromatic heterocycles. The molecule has 0 unspecified atom stereocenters. The van der Waals surface area contributed by atoms with Crippen molar-refractivity contribution in [2.24, 2.45) is 5.92 Å². The van der Waals surface area contributed by atoms with Gasteiger partial charge in [-0.25, -0.2) is 0 Å². The van der Waals surface area contributed by atoms with Gasteiger partial charge in [0.2, 0.25) is 5.91 Å². The molecule has 1 spiro atoms. The van der Waals surface area contributed by atoms with Gasteiger partial charge in [0.25, 0.3) is 0 Å². The fraction of sp³-hybridized carbons (Fsp3) is 0.194. The van der Waals surface area contributed by atoms with Crippen molar-refractivity contribution in [3.63, 3.8) is 0 Å². The van der Waals surface area contributed by atoms with Crippen molar-refractivity contribution in [1.82, 2.24) is 4.90 Å². The lowest BCUT2D eigenvalue weighted by atomic mass is 9.62. The predicted octanol–water partition coefficient (Wildman–Crippen LogP) is 5.69. The summed E-state index contributed by atoms with van der Waals surface area (Å²) in [4.78, 5) is 46.4. The third kappa shape index (κ3) is 3.73. The molecule has 4 aromatic rings. The number of anilines is 1. The molecule has 0 radical (unpaired) electrons. The van der Waals surface area contributed by atoms with Gasteiger partial charge in [0, 0.05) is 17.5 Å². The number of nitrogens with zero attached hydrogens (tertiary/aromatic N) is 1. The van der Waals surface area contributed by atoms with E-state index in [9.17, 15) is 9.59 Å². The van der Waals surface area contributed by atoms with Crippen molar-refractivity contribution in [3.05, 3.63) is 125 Å². The van der Waals surface area contributed by atoms with Crippen LogP contribution in [0.2, 0.25) is 0 Å². The standard InChI is InChI=1S/C36H30N2O6/c1-42-27-15-9-6-12-24(27)33(40)30-31(32(39)22-16-17-28(43-2)29(20-22)44-3)38-19-18-21-10-4-5-11-23(21)34(38)36(30)25-13-7-8-14-26(25)37-35(36)41/h4-20,30-31,34H,1-3H3,(H,37,41)/t30-,31+,34+,36-/m1/s1. The molecule has 3 aliphatic heterocycles. The van der Waals surface area contributed by atoms with Gasteiger partial charge in [0.05, 0.1) is 38.9 Å². The molecular formula is C36H30N2O6. The first-order chi connectivity index (χ1) is 21.4. The Morgan fingerprint density at radius 1 is 0.773 bits per heavy atom. The number of benzene rings is 4. The number of para-hydroxylation sites is 2. The summed E-state index contributed by atoms with van der Waals surface area (Å²) in [5, 5.41) is 3.07. The summed E-state index contributed by atoms with van der Waals surface area (Å²) in [6.45, 7) is 0. The van der Waals surface area contributed by atoms with E-state index in [1.54, 1.807) is 42.5 Å². The topological polar surface area (TPSA) is 94.2 Å². The molecule has 0 saturated carbocycles. The summed E-state index contributed by atoms with van der Waals surface area (Å²) in [5.41, 5.74) is 2.29. The number of Topliss-reactive ketones (excluding diaryl/α,β-unsaturated/α-hetero) is 2. The monoisotopic (exact) mass is 586 g/mol. The normalized spacial score (nSPS) is 22.6. The summed E-state index contributed by atoms with van der Waals surface area (Å²) in [6, 6.07) is 25.5. The van der Waals surface area contributed by atoms with Gasteiger partial charge in [0.1, 0.15) is 17.2 Å². The Bertz CT molecular complexity index is 1870. The zero-order valence-corrected chi connectivity index (χ0v) is 24.4. The first-order valence-electron chi connectivity index (χ1n) is 14.3. The molecule has 1 fully saturated rings. The second-order valence-electron chi connectivity index (χ2n) is 11.1. The lowest BCUT2D eigenvalue weighted by Crippen LogP contribution is -2.49. The number of nitrogens with one attached hydrogen (secondary N) is 1. The van der Waals surface area contributed by atoms with Gasteiger partial charge in [-0.1, -0.05) is 54.6 Å². The summed E-state index contributed by atoms with van der Waals surface area (Å²) in [6.07, 6.45) is 3.78. The minimum atomic E-state index is -1.44. The molecule has 4 atom stereocenters. The van der Waals surface area contributed by atoms with E-state index in [0.717, 1.165) is 11.1 Å². The molecule has 1 amide bonds. The number of methoxy groups -OCH3 is 3. The number of ether oxygens (including phenoxy) is 3. The smallest absolute Gasteiger partial charge is 0.238 e. The van der Waals surface area contributed by atoms with Gasteiger partial charge in [-0.15, -0.1) is 0 Å². The Morgan fingerprint density at radius 2 is 1.48 bits per heavy atom. The number of carbonyl (C=O) groups is 3. The Hall–Kier alpha value is -5.37. The fourth-order valence-corrected chi connectivity index (χ4v) is 7.34. The van der Waals surface area contributed by atoms with E-state index in [1.165, 1.54) is 21.3 Å². The quantitative estimate of drug-likeness (QED) is 0.278. The number of hydrogen-bond donors (Lipinski definition) is 1. The maximum absolute atomic E-state index is 15.1. The highest BCUT2D eigenvalue weighted by atomic mass is 16.5. The van der Waals surface area contributed by atoms with Crippen LogP contribution in [-0.4, -0.2) is 49.7 Å². The van der Waals surface area contributed by atoms with Crippen LogP contribution < -0.4 is 19.5 Å². The second-order valence-corrected chi connectivity index (χ2v) is 11.1. The fourth-order valence-electron chi connectivity index (χ4n) is 7.34. The van der Waals surface area contributed by atoms with Crippen molar-refractivity contribution in [3.8, 4) is 17.2 Å². The van der Waals surface area contributed by atoms with E-state index in [2.05, 4.69) is 5.32 Å². The Kier molecular flexibility index (Phi) is 6.50. The number of carbonyl (C=O) groups excluding carboxylic acids is 3. The van der Waals surface area contributed by atoms with Crippen LogP contribution in [0.15, 0.2) is 97.2 Å². The SMILES string of the molecule is COc1ccc(C(=O)[C@@H]2[C@H](C(=O)c3ccccc3OC)[C@@]3(C(=O)Nc4ccccc43)[C@@H]3c4ccccc4C=CN23)cc1OC. The lowest BCUT2D eigenvalue weighted by Gasteiger charge is -2.38. The Labute approximate surface area is 254 Å². The van der Waals surface area contributed by atoms with Gasteiger partial charge in [0.15, 0.2) is 23.1 Å². The van der Waals surface area contributed by atoms with Crippen molar-refractivity contribution < 1.29 is 28.6 Å². The Morgan fingerprint density at radius 3 is 2.27 bits per heavy atom. The van der Waals surface area contributed by atoms with Crippen molar-refractivity contribution in [2.75, 3.05) is 26.6 Å². The van der Waals surface area contributed by atoms with Crippen LogP contribution in [0.5, 0.6) is 17.2 Å². The maximum Gasteiger partial charge on any atom is 0.238 e. The van der Waals surface area contributed by atoms with Gasteiger partial charge in [-0.05, 0) is 59.2 Å². The molecule has 1 saturated heterocycles. The predicted molar refractivity (Wildman–Crippen MR) is 165 cm³/mol. The highest BCUT2D eigenvalue weighted by Gasteiger charge is 2.70. The molecule has 0 bridgehead atoms. The van der Waals surface area contributed by atoms with Crippen molar-refractivity contribution in [1.29, 1.82) is 0 Å². The number of fused-ring (bicyclic) bond motifs is 6. The minimum Gasteiger partial charge on any atom is -0.496 e. The molecule has 7 rings (SSSR count). The number of amides is 1. The molecule has 3 aliphatic rings. The van der Waals surface area contributed by atoms with Gasteiger partial charge in [-0.2, -0.15) is 0 Å². The van der Waals surface area contributed by atoms with Gasteiger partial charge >= 0.3 is 0 Å². The summed E-state index contributed by atoms with van der Waals surface area (Å²) in [5.74, 6) is -0.882. The molecule has 0 aliphatic carbocycles. The van der Waals surface area contributed by atoms with Crippen molar-refractivity contribution >= 4 is 29.2 Å². The zero-order valence-electron chi connectivity index (χ0n) is 24.4. The number of ketones is 2. The largest absolute Gasteiger partial charge is 0.496 e. The van der Waals surface area contributed by atoms with Crippen LogP contribution in [-0.2, 0) is 10.2 Å². The average molecular weight is 587 g/mol. The van der Waals surface area contributed by atoms with E-state index in [1.807, 2.05) is 65.7 Å². The third-order valence-electron chi connectivity index (χ3n) is 9.16. The summed E-state index contributed by atoms with van der Waals surface area (Å²) in [7, 11) is 4.53. The average Bonchev–Trinajstić information content (AvgIpc) is 3.55. The van der Waals surface area contributed by atoms with E-state index in [4.69, 9.17) is 14.2 Å². The summed E-state index contributed by atoms with van der Waals surface area (Å²) >= 11 is 0.